The zero-order chi connectivity index (χ0) is 18.4. The number of benzene rings is 1. The third-order valence-corrected chi connectivity index (χ3v) is 4.23. The van der Waals surface area contributed by atoms with Gasteiger partial charge >= 0.3 is 6.18 Å². The highest BCUT2D eigenvalue weighted by molar-refractivity contribution is 7.15. The predicted molar refractivity (Wildman–Crippen MR) is 87.2 cm³/mol. The number of nitrogens with zero attached hydrogens (tertiary/aromatic N) is 1. The Hall–Kier alpha value is -2.46. The van der Waals surface area contributed by atoms with Gasteiger partial charge in [0, 0.05) is 28.4 Å². The molecule has 0 aliphatic carbocycles. The highest BCUT2D eigenvalue weighted by Gasteiger charge is 2.27. The molecule has 0 aliphatic heterocycles. The standard InChI is InChI=1S/C15H14F3N3O3S/c16-15(17,18)9-20-14(22)8-19-7-12-5-6-13(25-12)10-1-3-11(4-2-10)21(23)24/h1-6,19H,7-9H2,(H,20,22). The van der Waals surface area contributed by atoms with Crippen LogP contribution in [0.3, 0.4) is 0 Å². The quantitative estimate of drug-likeness (QED) is 0.577. The maximum atomic E-state index is 12.0. The van der Waals surface area contributed by atoms with Crippen molar-refractivity contribution in [2.24, 2.45) is 0 Å². The summed E-state index contributed by atoms with van der Waals surface area (Å²) < 4.78 is 35.9. The van der Waals surface area contributed by atoms with Crippen molar-refractivity contribution < 1.29 is 22.9 Å². The average Bonchev–Trinajstić information content (AvgIpc) is 3.01. The molecule has 1 amide bonds. The number of halogens is 3. The van der Waals surface area contributed by atoms with Gasteiger partial charge in [-0.15, -0.1) is 11.3 Å². The number of amides is 1. The minimum atomic E-state index is -4.43. The molecule has 2 aromatic rings. The van der Waals surface area contributed by atoms with E-state index in [4.69, 9.17) is 0 Å². The van der Waals surface area contributed by atoms with Crippen molar-refractivity contribution in [3.8, 4) is 10.4 Å². The molecule has 0 atom stereocenters. The maximum Gasteiger partial charge on any atom is 0.405 e. The second-order valence-electron chi connectivity index (χ2n) is 5.07. The first-order chi connectivity index (χ1) is 11.7. The van der Waals surface area contributed by atoms with Gasteiger partial charge in [-0.3, -0.25) is 14.9 Å². The molecule has 0 bridgehead atoms. The van der Waals surface area contributed by atoms with Crippen molar-refractivity contribution in [3.05, 3.63) is 51.4 Å². The number of nitro benzene ring substituents is 1. The Kier molecular flexibility index (Phi) is 6.10. The highest BCUT2D eigenvalue weighted by atomic mass is 32.1. The Morgan fingerprint density at radius 2 is 1.84 bits per heavy atom. The van der Waals surface area contributed by atoms with Gasteiger partial charge in [-0.05, 0) is 29.8 Å². The lowest BCUT2D eigenvalue weighted by atomic mass is 10.2. The molecule has 2 N–H and O–H groups in total. The molecular formula is C15H14F3N3O3S. The number of thiophene rings is 1. The molecule has 0 saturated heterocycles. The van der Waals surface area contributed by atoms with Crippen molar-refractivity contribution in [1.82, 2.24) is 10.6 Å². The smallest absolute Gasteiger partial charge is 0.346 e. The minimum absolute atomic E-state index is 0.00654. The molecule has 1 aromatic carbocycles. The summed E-state index contributed by atoms with van der Waals surface area (Å²) in [6.45, 7) is -1.24. The summed E-state index contributed by atoms with van der Waals surface area (Å²) in [5.41, 5.74) is 0.830. The van der Waals surface area contributed by atoms with Gasteiger partial charge in [0.05, 0.1) is 11.5 Å². The Labute approximate surface area is 144 Å². The SMILES string of the molecule is O=C(CNCc1ccc(-c2ccc([N+](=O)[O-])cc2)s1)NCC(F)(F)F. The number of nitro groups is 1. The van der Waals surface area contributed by atoms with Crippen LogP contribution in [0.25, 0.3) is 10.4 Å². The predicted octanol–water partition coefficient (Wildman–Crippen LogP) is 3.09. The van der Waals surface area contributed by atoms with Crippen LogP contribution in [0.15, 0.2) is 36.4 Å². The van der Waals surface area contributed by atoms with E-state index < -0.39 is 23.6 Å². The van der Waals surface area contributed by atoms with E-state index in [0.717, 1.165) is 15.3 Å². The molecule has 0 saturated carbocycles. The van der Waals surface area contributed by atoms with Gasteiger partial charge in [0.25, 0.3) is 5.69 Å². The first kappa shape index (κ1) is 18.9. The first-order valence-corrected chi connectivity index (χ1v) is 7.94. The second kappa shape index (κ2) is 8.08. The summed E-state index contributed by atoms with van der Waals surface area (Å²) in [6.07, 6.45) is -4.43. The van der Waals surface area contributed by atoms with Crippen LogP contribution in [0.5, 0.6) is 0 Å². The van der Waals surface area contributed by atoms with Crippen LogP contribution in [0.1, 0.15) is 4.88 Å². The van der Waals surface area contributed by atoms with E-state index in [1.807, 2.05) is 12.1 Å². The molecule has 0 spiro atoms. The van der Waals surface area contributed by atoms with Gasteiger partial charge in [-0.1, -0.05) is 0 Å². The fraction of sp³-hybridized carbons (Fsp3) is 0.267. The van der Waals surface area contributed by atoms with Gasteiger partial charge in [0.1, 0.15) is 6.54 Å². The topological polar surface area (TPSA) is 84.3 Å². The van der Waals surface area contributed by atoms with Crippen LogP contribution in [0, 0.1) is 10.1 Å². The number of hydrogen-bond donors (Lipinski definition) is 2. The summed E-state index contributed by atoms with van der Waals surface area (Å²) in [4.78, 5) is 23.2. The normalized spacial score (nSPS) is 11.3. The third-order valence-electron chi connectivity index (χ3n) is 3.10. The highest BCUT2D eigenvalue weighted by Crippen LogP contribution is 2.29. The monoisotopic (exact) mass is 373 g/mol. The molecule has 10 heteroatoms. The van der Waals surface area contributed by atoms with Crippen molar-refractivity contribution >= 4 is 22.9 Å². The van der Waals surface area contributed by atoms with Gasteiger partial charge in [-0.2, -0.15) is 13.2 Å². The van der Waals surface area contributed by atoms with Gasteiger partial charge < -0.3 is 10.6 Å². The Morgan fingerprint density at radius 3 is 2.44 bits per heavy atom. The summed E-state index contributed by atoms with van der Waals surface area (Å²) in [6, 6.07) is 9.78. The lowest BCUT2D eigenvalue weighted by molar-refractivity contribution is -0.384. The zero-order valence-corrected chi connectivity index (χ0v) is 13.6. The fourth-order valence-electron chi connectivity index (χ4n) is 1.94. The van der Waals surface area contributed by atoms with Crippen LogP contribution < -0.4 is 10.6 Å². The number of hydrogen-bond acceptors (Lipinski definition) is 5. The van der Waals surface area contributed by atoms with E-state index in [1.54, 1.807) is 17.4 Å². The van der Waals surface area contributed by atoms with Crippen LogP contribution >= 0.6 is 11.3 Å². The Bertz CT molecular complexity index is 744. The molecule has 134 valence electrons. The van der Waals surface area contributed by atoms with Crippen molar-refractivity contribution in [3.63, 3.8) is 0 Å². The second-order valence-corrected chi connectivity index (χ2v) is 6.23. The molecule has 0 radical (unpaired) electrons. The third kappa shape index (κ3) is 6.16. The van der Waals surface area contributed by atoms with Gasteiger partial charge in [0.2, 0.25) is 5.91 Å². The number of carbonyl (C=O) groups excluding carboxylic acids is 1. The molecule has 0 unspecified atom stereocenters. The zero-order valence-electron chi connectivity index (χ0n) is 12.8. The number of nitrogens with one attached hydrogen (secondary N) is 2. The van der Waals surface area contributed by atoms with Crippen molar-refractivity contribution in [2.75, 3.05) is 13.1 Å². The summed E-state index contributed by atoms with van der Waals surface area (Å²) in [5.74, 6) is -0.732. The van der Waals surface area contributed by atoms with E-state index in [-0.39, 0.29) is 12.2 Å². The molecule has 6 nitrogen and oxygen atoms in total. The van der Waals surface area contributed by atoms with Crippen LogP contribution in [0.2, 0.25) is 0 Å². The fourth-order valence-corrected chi connectivity index (χ4v) is 2.92. The lowest BCUT2D eigenvalue weighted by Gasteiger charge is -2.08. The molecule has 0 aliphatic rings. The van der Waals surface area contributed by atoms with Gasteiger partial charge in [0.15, 0.2) is 0 Å². The molecule has 1 aromatic heterocycles. The van der Waals surface area contributed by atoms with Crippen molar-refractivity contribution in [1.29, 1.82) is 0 Å². The first-order valence-electron chi connectivity index (χ1n) is 7.12. The summed E-state index contributed by atoms with van der Waals surface area (Å²) in [7, 11) is 0. The molecular weight excluding hydrogens is 359 g/mol. The molecule has 0 fully saturated rings. The van der Waals surface area contributed by atoms with E-state index >= 15 is 0 Å². The lowest BCUT2D eigenvalue weighted by Crippen LogP contribution is -2.39. The van der Waals surface area contributed by atoms with Crippen molar-refractivity contribution in [2.45, 2.75) is 12.7 Å². The Morgan fingerprint density at radius 1 is 1.16 bits per heavy atom. The van der Waals surface area contributed by atoms with Crippen LogP contribution in [-0.4, -0.2) is 30.1 Å². The van der Waals surface area contributed by atoms with E-state index in [1.165, 1.54) is 23.5 Å². The van der Waals surface area contributed by atoms with E-state index in [9.17, 15) is 28.1 Å². The summed E-state index contributed by atoms with van der Waals surface area (Å²) in [5, 5.41) is 15.2. The van der Waals surface area contributed by atoms with E-state index in [2.05, 4.69) is 5.32 Å². The molecule has 25 heavy (non-hydrogen) atoms. The number of alkyl halides is 3. The Balaban J connectivity index is 1.83. The van der Waals surface area contributed by atoms with Gasteiger partial charge in [-0.25, -0.2) is 0 Å². The number of non-ortho nitro benzene ring substituents is 1. The average molecular weight is 373 g/mol. The maximum absolute atomic E-state index is 12.0. The molecule has 1 heterocycles. The number of rotatable bonds is 7. The number of carbonyl (C=O) groups is 1. The summed E-state index contributed by atoms with van der Waals surface area (Å²) >= 11 is 1.43. The molecule has 2 rings (SSSR count). The largest absolute Gasteiger partial charge is 0.405 e. The van der Waals surface area contributed by atoms with Crippen LogP contribution in [-0.2, 0) is 11.3 Å². The minimum Gasteiger partial charge on any atom is -0.346 e. The van der Waals surface area contributed by atoms with E-state index in [0.29, 0.717) is 6.54 Å². The van der Waals surface area contributed by atoms with Crippen LogP contribution in [0.4, 0.5) is 18.9 Å².